The van der Waals surface area contributed by atoms with E-state index in [-0.39, 0.29) is 4.84 Å². The Bertz CT molecular complexity index is 741. The molecular formula is C12H9N3OS2. The predicted octanol–water partition coefficient (Wildman–Crippen LogP) is 3.83. The second-order valence-corrected chi connectivity index (χ2v) is 5.05. The van der Waals surface area contributed by atoms with Crippen LogP contribution in [0.1, 0.15) is 5.56 Å². The van der Waals surface area contributed by atoms with Gasteiger partial charge < -0.3 is 4.42 Å². The summed E-state index contributed by atoms with van der Waals surface area (Å²) in [6.07, 6.45) is 0. The van der Waals surface area contributed by atoms with E-state index < -0.39 is 0 Å². The largest absolute Gasteiger partial charge is 0.408 e. The highest BCUT2D eigenvalue weighted by Gasteiger charge is 2.10. The van der Waals surface area contributed by atoms with E-state index in [0.29, 0.717) is 11.6 Å². The molecule has 0 saturated carbocycles. The maximum Gasteiger partial charge on any atom is 0.284 e. The van der Waals surface area contributed by atoms with E-state index in [4.69, 9.17) is 16.6 Å². The van der Waals surface area contributed by atoms with Crippen molar-refractivity contribution < 1.29 is 4.42 Å². The van der Waals surface area contributed by atoms with Crippen molar-refractivity contribution in [1.82, 2.24) is 15.2 Å². The van der Waals surface area contributed by atoms with Crippen LogP contribution in [0.3, 0.4) is 0 Å². The van der Waals surface area contributed by atoms with Crippen molar-refractivity contribution in [2.24, 2.45) is 0 Å². The molecule has 0 atom stereocenters. The summed E-state index contributed by atoms with van der Waals surface area (Å²) in [4.78, 5) is 4.76. The van der Waals surface area contributed by atoms with Gasteiger partial charge in [-0.05, 0) is 25.2 Å². The topological polar surface area (TPSA) is 54.7 Å². The molecule has 0 aliphatic carbocycles. The van der Waals surface area contributed by atoms with E-state index in [0.717, 1.165) is 10.6 Å². The van der Waals surface area contributed by atoms with Gasteiger partial charge in [-0.15, -0.1) is 16.4 Å². The summed E-state index contributed by atoms with van der Waals surface area (Å²) in [6.45, 7) is 2.06. The molecule has 90 valence electrons. The molecule has 2 aromatic heterocycles. The van der Waals surface area contributed by atoms with Crippen molar-refractivity contribution >= 4 is 23.6 Å². The van der Waals surface area contributed by atoms with Gasteiger partial charge in [0.1, 0.15) is 10.7 Å². The van der Waals surface area contributed by atoms with E-state index in [1.807, 2.05) is 17.5 Å². The van der Waals surface area contributed by atoms with Crippen LogP contribution in [-0.4, -0.2) is 15.2 Å². The Morgan fingerprint density at radius 3 is 3.00 bits per heavy atom. The molecule has 0 aliphatic rings. The number of nitrogens with zero attached hydrogens (tertiary/aromatic N) is 2. The van der Waals surface area contributed by atoms with Gasteiger partial charge in [0.25, 0.3) is 10.7 Å². The lowest BCUT2D eigenvalue weighted by molar-refractivity contribution is 0.550. The first-order valence-electron chi connectivity index (χ1n) is 5.31. The Hall–Kier alpha value is -1.79. The van der Waals surface area contributed by atoms with Gasteiger partial charge in [-0.2, -0.15) is 0 Å². The van der Waals surface area contributed by atoms with Gasteiger partial charge in [-0.1, -0.05) is 23.8 Å². The smallest absolute Gasteiger partial charge is 0.284 e. The number of aryl methyl sites for hydroxylation is 1. The highest BCUT2D eigenvalue weighted by Crippen LogP contribution is 2.28. The van der Waals surface area contributed by atoms with Crippen molar-refractivity contribution in [2.75, 3.05) is 0 Å². The van der Waals surface area contributed by atoms with Gasteiger partial charge >= 0.3 is 0 Å². The quantitative estimate of drug-likeness (QED) is 0.722. The number of benzene rings is 1. The van der Waals surface area contributed by atoms with E-state index in [1.54, 1.807) is 11.3 Å². The third-order valence-electron chi connectivity index (χ3n) is 2.43. The van der Waals surface area contributed by atoms with Gasteiger partial charge in [0.05, 0.1) is 0 Å². The second-order valence-electron chi connectivity index (χ2n) is 3.83. The van der Waals surface area contributed by atoms with Crippen molar-refractivity contribution in [3.8, 4) is 22.2 Å². The average molecular weight is 275 g/mol. The van der Waals surface area contributed by atoms with Crippen LogP contribution < -0.4 is 0 Å². The fourth-order valence-electron chi connectivity index (χ4n) is 1.62. The molecular weight excluding hydrogens is 266 g/mol. The van der Waals surface area contributed by atoms with Gasteiger partial charge in [0.15, 0.2) is 0 Å². The summed E-state index contributed by atoms with van der Waals surface area (Å²) in [5, 5.41) is 9.40. The molecule has 6 heteroatoms. The van der Waals surface area contributed by atoms with Crippen LogP contribution in [0.15, 0.2) is 34.1 Å². The Balaban J connectivity index is 2.01. The molecule has 0 radical (unpaired) electrons. The maximum atomic E-state index is 5.23. The minimum absolute atomic E-state index is 0.259. The Morgan fingerprint density at radius 2 is 2.28 bits per heavy atom. The molecule has 1 N–H and O–H groups in total. The number of H-pyrrole nitrogens is 1. The molecule has 0 spiro atoms. The number of rotatable bonds is 2. The molecule has 18 heavy (non-hydrogen) atoms. The number of aromatic amines is 1. The summed E-state index contributed by atoms with van der Waals surface area (Å²) in [6, 6.07) is 8.22. The standard InChI is InChI=1S/C12H9N3OS2/c1-7-3-2-4-8(5-7)11-13-9(6-18-11)10-14-15-12(17)16-10/h2-6H,1H3,(H,15,17). The summed E-state index contributed by atoms with van der Waals surface area (Å²) in [5.41, 5.74) is 3.01. The zero-order chi connectivity index (χ0) is 12.5. The van der Waals surface area contributed by atoms with E-state index >= 15 is 0 Å². The van der Waals surface area contributed by atoms with Crippen molar-refractivity contribution in [1.29, 1.82) is 0 Å². The van der Waals surface area contributed by atoms with Crippen LogP contribution >= 0.6 is 23.6 Å². The first-order valence-corrected chi connectivity index (χ1v) is 6.59. The molecule has 3 rings (SSSR count). The molecule has 0 aliphatic heterocycles. The molecule has 0 fully saturated rings. The molecule has 1 aromatic carbocycles. The van der Waals surface area contributed by atoms with Gasteiger partial charge in [-0.3, -0.25) is 0 Å². The summed E-state index contributed by atoms with van der Waals surface area (Å²) < 4.78 is 5.23. The van der Waals surface area contributed by atoms with Gasteiger partial charge in [-0.25, -0.2) is 10.1 Å². The second kappa shape index (κ2) is 4.47. The summed E-state index contributed by atoms with van der Waals surface area (Å²) in [5.74, 6) is 0.426. The molecule has 2 heterocycles. The number of hydrogen-bond acceptors (Lipinski definition) is 5. The summed E-state index contributed by atoms with van der Waals surface area (Å²) in [7, 11) is 0. The maximum absolute atomic E-state index is 5.23. The molecule has 0 amide bonds. The van der Waals surface area contributed by atoms with Crippen molar-refractivity contribution in [3.05, 3.63) is 40.0 Å². The van der Waals surface area contributed by atoms with Crippen LogP contribution in [-0.2, 0) is 0 Å². The minimum Gasteiger partial charge on any atom is -0.408 e. The lowest BCUT2D eigenvalue weighted by atomic mass is 10.1. The van der Waals surface area contributed by atoms with Crippen molar-refractivity contribution in [3.63, 3.8) is 0 Å². The third kappa shape index (κ3) is 2.12. The lowest BCUT2D eigenvalue weighted by Crippen LogP contribution is -1.80. The Kier molecular flexibility index (Phi) is 2.81. The van der Waals surface area contributed by atoms with E-state index in [1.165, 1.54) is 5.56 Å². The fraction of sp³-hybridized carbons (Fsp3) is 0.0833. The van der Waals surface area contributed by atoms with Crippen LogP contribution in [0, 0.1) is 11.8 Å². The summed E-state index contributed by atoms with van der Waals surface area (Å²) >= 11 is 6.40. The number of hydrogen-bond donors (Lipinski definition) is 1. The normalized spacial score (nSPS) is 10.7. The zero-order valence-electron chi connectivity index (χ0n) is 9.51. The molecule has 3 aromatic rings. The fourth-order valence-corrected chi connectivity index (χ4v) is 2.54. The molecule has 0 saturated heterocycles. The van der Waals surface area contributed by atoms with Crippen LogP contribution in [0.2, 0.25) is 0 Å². The highest BCUT2D eigenvalue weighted by atomic mass is 32.1. The number of nitrogens with one attached hydrogen (secondary N) is 1. The third-order valence-corrected chi connectivity index (χ3v) is 3.49. The van der Waals surface area contributed by atoms with E-state index in [2.05, 4.69) is 34.2 Å². The predicted molar refractivity (Wildman–Crippen MR) is 73.0 cm³/mol. The monoisotopic (exact) mass is 275 g/mol. The first kappa shape index (κ1) is 11.3. The van der Waals surface area contributed by atoms with E-state index in [9.17, 15) is 0 Å². The van der Waals surface area contributed by atoms with Gasteiger partial charge in [0.2, 0.25) is 0 Å². The Morgan fingerprint density at radius 1 is 1.39 bits per heavy atom. The highest BCUT2D eigenvalue weighted by molar-refractivity contribution is 7.71. The van der Waals surface area contributed by atoms with Gasteiger partial charge in [0, 0.05) is 10.9 Å². The molecule has 4 nitrogen and oxygen atoms in total. The van der Waals surface area contributed by atoms with Crippen molar-refractivity contribution in [2.45, 2.75) is 6.92 Å². The lowest BCUT2D eigenvalue weighted by Gasteiger charge is -1.96. The first-order chi connectivity index (χ1) is 8.72. The number of thiazole rings is 1. The number of aromatic nitrogens is 3. The zero-order valence-corrected chi connectivity index (χ0v) is 11.1. The molecule has 0 unspecified atom stereocenters. The van der Waals surface area contributed by atoms with Crippen LogP contribution in [0.5, 0.6) is 0 Å². The minimum atomic E-state index is 0.259. The molecule has 0 bridgehead atoms. The van der Waals surface area contributed by atoms with Crippen LogP contribution in [0.25, 0.3) is 22.2 Å². The average Bonchev–Trinajstić information content (AvgIpc) is 2.97. The SMILES string of the molecule is Cc1cccc(-c2nc(-c3n[nH]c(=S)o3)cs2)c1. The Labute approximate surface area is 112 Å². The van der Waals surface area contributed by atoms with Crippen LogP contribution in [0.4, 0.5) is 0 Å².